The second-order valence-corrected chi connectivity index (χ2v) is 6.15. The zero-order valence-electron chi connectivity index (χ0n) is 13.0. The van der Waals surface area contributed by atoms with E-state index in [1.807, 2.05) is 0 Å². The predicted octanol–water partition coefficient (Wildman–Crippen LogP) is 3.73. The van der Waals surface area contributed by atoms with E-state index in [0.717, 1.165) is 12.3 Å². The Hall–Kier alpha value is -1.02. The van der Waals surface area contributed by atoms with E-state index >= 15 is 0 Å². The van der Waals surface area contributed by atoms with E-state index in [4.69, 9.17) is 4.74 Å². The van der Waals surface area contributed by atoms with Crippen molar-refractivity contribution in [3.05, 3.63) is 28.8 Å². The minimum atomic E-state index is 0.247. The summed E-state index contributed by atoms with van der Waals surface area (Å²) in [6.45, 7) is 9.95. The molecule has 0 aromatic heterocycles. The van der Waals surface area contributed by atoms with Gasteiger partial charge in [-0.05, 0) is 56.2 Å². The molecule has 1 N–H and O–H groups in total. The van der Waals surface area contributed by atoms with Crippen LogP contribution in [0.25, 0.3) is 0 Å². The lowest BCUT2D eigenvalue weighted by atomic mass is 9.79. The zero-order chi connectivity index (χ0) is 14.0. The summed E-state index contributed by atoms with van der Waals surface area (Å²) in [6.07, 6.45) is 3.71. The molecule has 0 amide bonds. The molecule has 1 aromatic carbocycles. The fourth-order valence-electron chi connectivity index (χ4n) is 3.48. The molecule has 0 spiro atoms. The molecule has 0 aliphatic heterocycles. The molecule has 1 aliphatic rings. The lowest BCUT2D eigenvalue weighted by molar-refractivity contribution is 0.379. The van der Waals surface area contributed by atoms with Crippen LogP contribution < -0.4 is 10.1 Å². The van der Waals surface area contributed by atoms with Gasteiger partial charge in [-0.3, -0.25) is 0 Å². The number of benzene rings is 1. The minimum Gasteiger partial charge on any atom is -0.496 e. The van der Waals surface area contributed by atoms with E-state index in [9.17, 15) is 0 Å². The molecule has 1 saturated carbocycles. The maximum absolute atomic E-state index is 5.71. The number of methoxy groups -OCH3 is 1. The topological polar surface area (TPSA) is 21.3 Å². The van der Waals surface area contributed by atoms with Crippen LogP contribution in [0, 0.1) is 13.8 Å². The van der Waals surface area contributed by atoms with E-state index in [-0.39, 0.29) is 5.41 Å². The minimum absolute atomic E-state index is 0.247. The number of nitrogens with one attached hydrogen (secondary N) is 1. The average molecular weight is 261 g/mol. The fourth-order valence-corrected chi connectivity index (χ4v) is 3.48. The van der Waals surface area contributed by atoms with Gasteiger partial charge in [0.15, 0.2) is 0 Å². The highest BCUT2D eigenvalue weighted by atomic mass is 16.5. The zero-order valence-corrected chi connectivity index (χ0v) is 13.0. The van der Waals surface area contributed by atoms with Crippen molar-refractivity contribution in [2.45, 2.75) is 58.4 Å². The lowest BCUT2D eigenvalue weighted by Crippen LogP contribution is -2.29. The first-order valence-electron chi connectivity index (χ1n) is 7.40. The van der Waals surface area contributed by atoms with Gasteiger partial charge in [0.25, 0.3) is 0 Å². The third kappa shape index (κ3) is 2.64. The quantitative estimate of drug-likeness (QED) is 0.891. The van der Waals surface area contributed by atoms with Crippen molar-refractivity contribution < 1.29 is 4.74 Å². The standard InChI is InChI=1S/C17H27NO/c1-6-18-14-9-10-17(4,11-14)15-8-7-12(2)13(3)16(15)19-5/h7-8,14,18H,6,9-11H2,1-5H3. The van der Waals surface area contributed by atoms with Gasteiger partial charge in [-0.25, -0.2) is 0 Å². The Labute approximate surface area is 117 Å². The molecule has 2 unspecified atom stereocenters. The summed E-state index contributed by atoms with van der Waals surface area (Å²) in [7, 11) is 1.80. The average Bonchev–Trinajstić information content (AvgIpc) is 2.75. The van der Waals surface area contributed by atoms with Gasteiger partial charge in [0.05, 0.1) is 7.11 Å². The summed E-state index contributed by atoms with van der Waals surface area (Å²) >= 11 is 0. The Morgan fingerprint density at radius 3 is 2.74 bits per heavy atom. The van der Waals surface area contributed by atoms with Crippen molar-refractivity contribution in [1.82, 2.24) is 5.32 Å². The second-order valence-electron chi connectivity index (χ2n) is 6.15. The highest BCUT2D eigenvalue weighted by Gasteiger charge is 2.38. The summed E-state index contributed by atoms with van der Waals surface area (Å²) in [5, 5.41) is 3.59. The van der Waals surface area contributed by atoms with E-state index in [1.165, 1.54) is 36.0 Å². The maximum Gasteiger partial charge on any atom is 0.125 e. The van der Waals surface area contributed by atoms with Crippen LogP contribution in [-0.4, -0.2) is 19.7 Å². The second kappa shape index (κ2) is 5.54. The van der Waals surface area contributed by atoms with Gasteiger partial charge >= 0.3 is 0 Å². The van der Waals surface area contributed by atoms with Crippen LogP contribution in [0.15, 0.2) is 12.1 Å². The summed E-state index contributed by atoms with van der Waals surface area (Å²) in [6, 6.07) is 5.16. The Morgan fingerprint density at radius 2 is 2.11 bits per heavy atom. The van der Waals surface area contributed by atoms with Gasteiger partial charge in [-0.1, -0.05) is 26.0 Å². The van der Waals surface area contributed by atoms with Gasteiger partial charge in [0.1, 0.15) is 5.75 Å². The molecule has 2 atom stereocenters. The summed E-state index contributed by atoms with van der Waals surface area (Å²) in [5.74, 6) is 1.10. The van der Waals surface area contributed by atoms with Crippen LogP contribution in [0.4, 0.5) is 0 Å². The predicted molar refractivity (Wildman–Crippen MR) is 81.1 cm³/mol. The van der Waals surface area contributed by atoms with Gasteiger partial charge < -0.3 is 10.1 Å². The van der Waals surface area contributed by atoms with Gasteiger partial charge in [-0.2, -0.15) is 0 Å². The Balaban J connectivity index is 2.34. The molecule has 0 heterocycles. The molecule has 0 bridgehead atoms. The third-order valence-electron chi connectivity index (χ3n) is 4.77. The smallest absolute Gasteiger partial charge is 0.125 e. The van der Waals surface area contributed by atoms with E-state index in [0.29, 0.717) is 6.04 Å². The summed E-state index contributed by atoms with van der Waals surface area (Å²) in [5.41, 5.74) is 4.23. The Kier molecular flexibility index (Phi) is 4.19. The molecule has 0 radical (unpaired) electrons. The van der Waals surface area contributed by atoms with E-state index in [1.54, 1.807) is 7.11 Å². The Morgan fingerprint density at radius 1 is 1.37 bits per heavy atom. The number of aryl methyl sites for hydroxylation is 1. The van der Waals surface area contributed by atoms with E-state index in [2.05, 4.69) is 45.1 Å². The first-order chi connectivity index (χ1) is 9.01. The lowest BCUT2D eigenvalue weighted by Gasteiger charge is -2.28. The van der Waals surface area contributed by atoms with Crippen molar-refractivity contribution in [1.29, 1.82) is 0 Å². The highest BCUT2D eigenvalue weighted by molar-refractivity contribution is 5.49. The molecule has 1 fully saturated rings. The Bertz CT molecular complexity index is 455. The molecule has 1 aliphatic carbocycles. The number of rotatable bonds is 4. The van der Waals surface area contributed by atoms with Crippen molar-refractivity contribution in [3.63, 3.8) is 0 Å². The number of ether oxygens (including phenoxy) is 1. The van der Waals surface area contributed by atoms with Crippen LogP contribution in [0.3, 0.4) is 0 Å². The van der Waals surface area contributed by atoms with Crippen LogP contribution in [0.1, 0.15) is 49.8 Å². The molecule has 2 nitrogen and oxygen atoms in total. The van der Waals surface area contributed by atoms with Gasteiger partial charge in [0.2, 0.25) is 0 Å². The van der Waals surface area contributed by atoms with Crippen LogP contribution in [0.2, 0.25) is 0 Å². The first-order valence-corrected chi connectivity index (χ1v) is 7.40. The van der Waals surface area contributed by atoms with Crippen molar-refractivity contribution in [2.75, 3.05) is 13.7 Å². The number of hydrogen-bond acceptors (Lipinski definition) is 2. The van der Waals surface area contributed by atoms with Crippen molar-refractivity contribution >= 4 is 0 Å². The molecule has 106 valence electrons. The van der Waals surface area contributed by atoms with Crippen LogP contribution >= 0.6 is 0 Å². The van der Waals surface area contributed by atoms with Crippen LogP contribution in [-0.2, 0) is 5.41 Å². The SMILES string of the molecule is CCNC1CCC(C)(c2ccc(C)c(C)c2OC)C1. The monoisotopic (exact) mass is 261 g/mol. The molecular weight excluding hydrogens is 234 g/mol. The van der Waals surface area contributed by atoms with E-state index < -0.39 is 0 Å². The molecule has 2 rings (SSSR count). The van der Waals surface area contributed by atoms with Crippen molar-refractivity contribution in [2.24, 2.45) is 0 Å². The molecule has 2 heteroatoms. The maximum atomic E-state index is 5.71. The largest absolute Gasteiger partial charge is 0.496 e. The summed E-state index contributed by atoms with van der Waals surface area (Å²) < 4.78 is 5.71. The highest BCUT2D eigenvalue weighted by Crippen LogP contribution is 2.45. The first kappa shape index (κ1) is 14.4. The van der Waals surface area contributed by atoms with Crippen LogP contribution in [0.5, 0.6) is 5.75 Å². The van der Waals surface area contributed by atoms with Gasteiger partial charge in [0, 0.05) is 11.6 Å². The van der Waals surface area contributed by atoms with Gasteiger partial charge in [-0.15, -0.1) is 0 Å². The summed E-state index contributed by atoms with van der Waals surface area (Å²) in [4.78, 5) is 0. The molecule has 19 heavy (non-hydrogen) atoms. The molecular formula is C17H27NO. The molecule has 1 aromatic rings. The van der Waals surface area contributed by atoms with Crippen molar-refractivity contribution in [3.8, 4) is 5.75 Å². The number of hydrogen-bond donors (Lipinski definition) is 1. The fraction of sp³-hybridized carbons (Fsp3) is 0.647. The normalized spacial score (nSPS) is 26.7. The third-order valence-corrected chi connectivity index (χ3v) is 4.77. The molecule has 0 saturated heterocycles.